The maximum absolute atomic E-state index is 10.8. The topological polar surface area (TPSA) is 49.3 Å². The second-order valence-corrected chi connectivity index (χ2v) is 2.85. The molecule has 2 N–H and O–H groups in total. The average Bonchev–Trinajstić information content (AvgIpc) is 2.15. The quantitative estimate of drug-likeness (QED) is 0.641. The summed E-state index contributed by atoms with van der Waals surface area (Å²) < 4.78 is 0. The van der Waals surface area contributed by atoms with Crippen LogP contribution in [0.3, 0.4) is 0 Å². The van der Waals surface area contributed by atoms with Crippen molar-refractivity contribution in [2.75, 3.05) is 6.61 Å². The Morgan fingerprint density at radius 3 is 2.54 bits per heavy atom. The van der Waals surface area contributed by atoms with Crippen molar-refractivity contribution in [1.82, 2.24) is 5.32 Å². The number of hydrogen-bond acceptors (Lipinski definition) is 2. The Kier molecular flexibility index (Phi) is 3.52. The zero-order chi connectivity index (χ0) is 9.68. The van der Waals surface area contributed by atoms with Crippen LogP contribution in [0.1, 0.15) is 11.6 Å². The third-order valence-electron chi connectivity index (χ3n) is 1.76. The van der Waals surface area contributed by atoms with Crippen LogP contribution >= 0.6 is 0 Å². The van der Waals surface area contributed by atoms with Crippen molar-refractivity contribution in [3.05, 3.63) is 35.9 Å². The fraction of sp³-hybridized carbons (Fsp3) is 0.222. The molecule has 0 heterocycles. The van der Waals surface area contributed by atoms with Crippen LogP contribution in [0.4, 0.5) is 4.79 Å². The third kappa shape index (κ3) is 2.91. The minimum atomic E-state index is -0.293. The zero-order valence-corrected chi connectivity index (χ0v) is 7.53. The molecule has 0 bridgehead atoms. The number of carbonyl (C=O) groups is 1. The summed E-state index contributed by atoms with van der Waals surface area (Å²) in [7, 11) is 1.44. The second kappa shape index (κ2) is 4.67. The number of rotatable bonds is 3. The summed E-state index contributed by atoms with van der Waals surface area (Å²) in [4.78, 5) is 10.8. The van der Waals surface area contributed by atoms with Crippen molar-refractivity contribution in [2.24, 2.45) is 0 Å². The molecule has 68 valence electrons. The molecule has 0 aliphatic carbocycles. The van der Waals surface area contributed by atoms with Gasteiger partial charge >= 0.3 is 0 Å². The van der Waals surface area contributed by atoms with E-state index in [9.17, 15) is 4.79 Å². The first-order valence-electron chi connectivity index (χ1n) is 4.17. The molecular formula is C9H12BNO2. The van der Waals surface area contributed by atoms with Crippen molar-refractivity contribution >= 4 is 13.7 Å². The van der Waals surface area contributed by atoms with Crippen LogP contribution in [0.5, 0.6) is 0 Å². The van der Waals surface area contributed by atoms with Crippen LogP contribution in [0.25, 0.3) is 0 Å². The van der Waals surface area contributed by atoms with Gasteiger partial charge in [0.25, 0.3) is 0 Å². The van der Waals surface area contributed by atoms with Gasteiger partial charge in [-0.25, -0.2) is 0 Å². The average molecular weight is 177 g/mol. The molecule has 1 rings (SSSR count). The molecule has 1 atom stereocenters. The smallest absolute Gasteiger partial charge is 0.215 e. The first-order valence-corrected chi connectivity index (χ1v) is 4.17. The van der Waals surface area contributed by atoms with Gasteiger partial charge in [0.05, 0.1) is 12.6 Å². The van der Waals surface area contributed by atoms with Gasteiger partial charge < -0.3 is 10.4 Å². The van der Waals surface area contributed by atoms with Crippen LogP contribution in [0.2, 0.25) is 0 Å². The van der Waals surface area contributed by atoms with Gasteiger partial charge in [-0.15, -0.1) is 0 Å². The van der Waals surface area contributed by atoms with Crippen molar-refractivity contribution in [1.29, 1.82) is 0 Å². The monoisotopic (exact) mass is 177 g/mol. The van der Waals surface area contributed by atoms with Crippen LogP contribution in [0, 0.1) is 0 Å². The van der Waals surface area contributed by atoms with E-state index in [2.05, 4.69) is 5.32 Å². The molecular weight excluding hydrogens is 165 g/mol. The summed E-state index contributed by atoms with van der Waals surface area (Å²) in [5.41, 5.74) is 0.917. The molecule has 0 unspecified atom stereocenters. The van der Waals surface area contributed by atoms with Crippen LogP contribution < -0.4 is 5.32 Å². The van der Waals surface area contributed by atoms with Crippen molar-refractivity contribution in [3.63, 3.8) is 0 Å². The largest absolute Gasteiger partial charge is 0.394 e. The molecule has 0 radical (unpaired) electrons. The van der Waals surface area contributed by atoms with E-state index in [1.54, 1.807) is 0 Å². The standard InChI is InChI=1S/C9H12BNO2/c10-9(13)11-8(6-12)7-4-2-1-3-5-7/h1-5,8,12H,6,10H2,(H,11,13)/t8-/m1/s1. The van der Waals surface area contributed by atoms with E-state index in [1.165, 1.54) is 7.85 Å². The van der Waals surface area contributed by atoms with E-state index in [1.807, 2.05) is 30.3 Å². The highest BCUT2D eigenvalue weighted by atomic mass is 16.3. The normalized spacial score (nSPS) is 12.1. The Morgan fingerprint density at radius 2 is 2.08 bits per heavy atom. The number of hydrogen-bond donors (Lipinski definition) is 2. The molecule has 0 saturated carbocycles. The molecule has 4 heteroatoms. The van der Waals surface area contributed by atoms with Gasteiger partial charge in [0, 0.05) is 0 Å². The van der Waals surface area contributed by atoms with Crippen LogP contribution in [-0.4, -0.2) is 25.4 Å². The summed E-state index contributed by atoms with van der Waals surface area (Å²) in [6.45, 7) is -0.0798. The number of carbonyl (C=O) groups excluding carboxylic acids is 1. The minimum Gasteiger partial charge on any atom is -0.394 e. The molecule has 1 amide bonds. The van der Waals surface area contributed by atoms with E-state index in [-0.39, 0.29) is 18.5 Å². The van der Waals surface area contributed by atoms with Gasteiger partial charge in [0.1, 0.15) is 0 Å². The summed E-state index contributed by atoms with van der Waals surface area (Å²) in [5.74, 6) is -0.136. The number of nitrogens with one attached hydrogen (secondary N) is 1. The van der Waals surface area contributed by atoms with E-state index in [4.69, 9.17) is 5.11 Å². The summed E-state index contributed by atoms with van der Waals surface area (Å²) in [6.07, 6.45) is 0. The number of aliphatic hydroxyl groups is 1. The highest BCUT2D eigenvalue weighted by Gasteiger charge is 2.09. The van der Waals surface area contributed by atoms with E-state index >= 15 is 0 Å². The van der Waals surface area contributed by atoms with Gasteiger partial charge in [0.15, 0.2) is 5.81 Å². The number of aliphatic hydroxyl groups excluding tert-OH is 1. The maximum Gasteiger partial charge on any atom is 0.215 e. The van der Waals surface area contributed by atoms with Crippen LogP contribution in [0.15, 0.2) is 30.3 Å². The lowest BCUT2D eigenvalue weighted by molar-refractivity contribution is 0.231. The van der Waals surface area contributed by atoms with E-state index in [0.717, 1.165) is 5.56 Å². The fourth-order valence-corrected chi connectivity index (χ4v) is 1.17. The Labute approximate surface area is 78.2 Å². The molecule has 0 spiro atoms. The van der Waals surface area contributed by atoms with E-state index < -0.39 is 0 Å². The highest BCUT2D eigenvalue weighted by Crippen LogP contribution is 2.10. The minimum absolute atomic E-state index is 0.0798. The van der Waals surface area contributed by atoms with Gasteiger partial charge in [-0.1, -0.05) is 30.3 Å². The first kappa shape index (κ1) is 9.80. The summed E-state index contributed by atoms with van der Waals surface area (Å²) in [5, 5.41) is 11.7. The van der Waals surface area contributed by atoms with Gasteiger partial charge in [-0.3, -0.25) is 4.79 Å². The molecule has 0 aliphatic heterocycles. The predicted molar refractivity (Wildman–Crippen MR) is 53.3 cm³/mol. The van der Waals surface area contributed by atoms with Gasteiger partial charge in [0.2, 0.25) is 7.85 Å². The Hall–Kier alpha value is -1.29. The second-order valence-electron chi connectivity index (χ2n) is 2.85. The van der Waals surface area contributed by atoms with E-state index in [0.29, 0.717) is 0 Å². The number of amides is 1. The summed E-state index contributed by atoms with van der Waals surface area (Å²) >= 11 is 0. The lowest BCUT2D eigenvalue weighted by Gasteiger charge is -2.15. The van der Waals surface area contributed by atoms with Crippen molar-refractivity contribution in [3.8, 4) is 0 Å². The zero-order valence-electron chi connectivity index (χ0n) is 7.53. The third-order valence-corrected chi connectivity index (χ3v) is 1.76. The Bertz CT molecular complexity index is 276. The van der Waals surface area contributed by atoms with Crippen molar-refractivity contribution in [2.45, 2.75) is 6.04 Å². The fourth-order valence-electron chi connectivity index (χ4n) is 1.17. The molecule has 1 aromatic carbocycles. The lowest BCUT2D eigenvalue weighted by Crippen LogP contribution is -2.29. The van der Waals surface area contributed by atoms with Gasteiger partial charge in [-0.2, -0.15) is 0 Å². The van der Waals surface area contributed by atoms with Gasteiger partial charge in [-0.05, 0) is 5.56 Å². The van der Waals surface area contributed by atoms with Crippen LogP contribution in [-0.2, 0) is 0 Å². The molecule has 0 aromatic heterocycles. The SMILES string of the molecule is BC(=O)N[C@H](CO)c1ccccc1. The van der Waals surface area contributed by atoms with Crippen molar-refractivity contribution < 1.29 is 9.90 Å². The Balaban J connectivity index is 2.73. The first-order chi connectivity index (χ1) is 6.24. The molecule has 1 aromatic rings. The molecule has 13 heavy (non-hydrogen) atoms. The predicted octanol–water partition coefficient (Wildman–Crippen LogP) is 0.0627. The maximum atomic E-state index is 10.8. The molecule has 3 nitrogen and oxygen atoms in total. The molecule has 0 fully saturated rings. The molecule has 0 saturated heterocycles. The summed E-state index contributed by atoms with van der Waals surface area (Å²) in [6, 6.07) is 9.10. The lowest BCUT2D eigenvalue weighted by atomic mass is 10.0. The number of benzene rings is 1. The highest BCUT2D eigenvalue weighted by molar-refractivity contribution is 6.57. The Morgan fingerprint density at radius 1 is 1.46 bits per heavy atom. The molecule has 0 aliphatic rings.